The Morgan fingerprint density at radius 2 is 1.91 bits per heavy atom. The van der Waals surface area contributed by atoms with Crippen molar-refractivity contribution in [1.82, 2.24) is 9.88 Å². The Bertz CT molecular complexity index is 1290. The Hall–Kier alpha value is -3.72. The second-order valence-corrected chi connectivity index (χ2v) is 7.89. The maximum atomic E-state index is 13.1. The molecule has 0 saturated carbocycles. The average molecular weight is 496 g/mol. The number of urea groups is 1. The number of fused-ring (bicyclic) bond motifs is 1. The van der Waals surface area contributed by atoms with Crippen LogP contribution in [0.5, 0.6) is 0 Å². The van der Waals surface area contributed by atoms with Crippen LogP contribution in [-0.2, 0) is 25.7 Å². The minimum absolute atomic E-state index is 0.0136. The van der Waals surface area contributed by atoms with Gasteiger partial charge in [0.1, 0.15) is 12.1 Å². The Morgan fingerprint density at radius 3 is 2.66 bits per heavy atom. The van der Waals surface area contributed by atoms with Crippen LogP contribution in [0.2, 0.25) is 0 Å². The lowest BCUT2D eigenvalue weighted by Crippen LogP contribution is -2.54. The summed E-state index contributed by atoms with van der Waals surface area (Å²) in [6.45, 7) is 1.98. The molecule has 3 aromatic rings. The van der Waals surface area contributed by atoms with E-state index in [1.54, 1.807) is 42.0 Å². The van der Waals surface area contributed by atoms with Gasteiger partial charge < -0.3 is 9.30 Å². The van der Waals surface area contributed by atoms with Gasteiger partial charge in [0.05, 0.1) is 12.3 Å². The fourth-order valence-electron chi connectivity index (χ4n) is 3.53. The molecule has 1 N–H and O–H groups in total. The number of ether oxygens (including phenoxy) is 1. The lowest BCUT2D eigenvalue weighted by molar-refractivity contribution is -0.143. The van der Waals surface area contributed by atoms with Gasteiger partial charge in [-0.3, -0.25) is 19.7 Å². The van der Waals surface area contributed by atoms with Crippen molar-refractivity contribution in [3.63, 3.8) is 0 Å². The first kappa shape index (κ1) is 21.5. The van der Waals surface area contributed by atoms with Gasteiger partial charge in [0.15, 0.2) is 0 Å². The summed E-state index contributed by atoms with van der Waals surface area (Å²) < 4.78 is 7.41. The van der Waals surface area contributed by atoms with Crippen molar-refractivity contribution < 1.29 is 23.9 Å². The normalized spacial score (nSPS) is 15.4. The zero-order valence-electron chi connectivity index (χ0n) is 17.0. The minimum Gasteiger partial charge on any atom is -0.465 e. The number of carbonyl (C=O) groups is 4. The first-order chi connectivity index (χ1) is 15.4. The first-order valence-corrected chi connectivity index (χ1v) is 10.6. The molecule has 1 fully saturated rings. The molecule has 0 aliphatic carbocycles. The maximum absolute atomic E-state index is 13.1. The molecule has 2 heterocycles. The highest BCUT2D eigenvalue weighted by atomic mass is 79.9. The molecule has 4 rings (SSSR count). The highest BCUT2D eigenvalue weighted by Gasteiger charge is 2.37. The van der Waals surface area contributed by atoms with E-state index in [-0.39, 0.29) is 18.7 Å². The van der Waals surface area contributed by atoms with E-state index in [1.807, 2.05) is 24.3 Å². The number of nitrogens with one attached hydrogen (secondary N) is 1. The molecular formula is C23H18BrN3O5. The number of nitrogens with zero attached hydrogens (tertiary/aromatic N) is 2. The number of hydrogen-bond acceptors (Lipinski definition) is 5. The van der Waals surface area contributed by atoms with Crippen molar-refractivity contribution in [3.05, 3.63) is 70.3 Å². The van der Waals surface area contributed by atoms with Gasteiger partial charge in [0.25, 0.3) is 11.8 Å². The van der Waals surface area contributed by atoms with Crippen LogP contribution >= 0.6 is 15.9 Å². The molecule has 32 heavy (non-hydrogen) atoms. The van der Waals surface area contributed by atoms with Crippen LogP contribution in [0.1, 0.15) is 12.5 Å². The van der Waals surface area contributed by atoms with E-state index in [4.69, 9.17) is 4.74 Å². The lowest BCUT2D eigenvalue weighted by atomic mass is 10.1. The summed E-state index contributed by atoms with van der Waals surface area (Å²) in [6, 6.07) is 13.1. The number of anilines is 1. The Kier molecular flexibility index (Phi) is 5.91. The second kappa shape index (κ2) is 8.80. The van der Waals surface area contributed by atoms with Crippen molar-refractivity contribution in [3.8, 4) is 0 Å². The molecule has 162 valence electrons. The summed E-state index contributed by atoms with van der Waals surface area (Å²) in [4.78, 5) is 51.0. The van der Waals surface area contributed by atoms with Gasteiger partial charge in [-0.25, -0.2) is 9.69 Å². The van der Waals surface area contributed by atoms with Gasteiger partial charge in [-0.2, -0.15) is 0 Å². The fourth-order valence-corrected chi connectivity index (χ4v) is 3.92. The quantitative estimate of drug-likeness (QED) is 0.331. The molecule has 1 aromatic heterocycles. The summed E-state index contributed by atoms with van der Waals surface area (Å²) >= 11 is 3.32. The van der Waals surface area contributed by atoms with Crippen molar-refractivity contribution in [2.45, 2.75) is 13.5 Å². The molecule has 1 aliphatic rings. The summed E-state index contributed by atoms with van der Waals surface area (Å²) in [7, 11) is 0. The molecule has 1 aliphatic heterocycles. The van der Waals surface area contributed by atoms with Crippen LogP contribution < -0.4 is 10.2 Å². The number of imide groups is 2. The maximum Gasteiger partial charge on any atom is 0.335 e. The van der Waals surface area contributed by atoms with Gasteiger partial charge >= 0.3 is 12.0 Å². The zero-order valence-corrected chi connectivity index (χ0v) is 18.6. The minimum atomic E-state index is -0.819. The fraction of sp³-hybridized carbons (Fsp3) is 0.130. The predicted molar refractivity (Wildman–Crippen MR) is 122 cm³/mol. The Labute approximate surface area is 191 Å². The van der Waals surface area contributed by atoms with Crippen LogP contribution in [-0.4, -0.2) is 35.0 Å². The lowest BCUT2D eigenvalue weighted by Gasteiger charge is -2.26. The van der Waals surface area contributed by atoms with E-state index in [2.05, 4.69) is 21.2 Å². The smallest absolute Gasteiger partial charge is 0.335 e. The topological polar surface area (TPSA) is 97.7 Å². The van der Waals surface area contributed by atoms with E-state index in [9.17, 15) is 19.2 Å². The number of carbonyl (C=O) groups excluding carboxylic acids is 4. The van der Waals surface area contributed by atoms with Gasteiger partial charge in [-0.15, -0.1) is 0 Å². The van der Waals surface area contributed by atoms with E-state index in [0.717, 1.165) is 15.8 Å². The van der Waals surface area contributed by atoms with E-state index in [1.165, 1.54) is 6.08 Å². The number of hydrogen-bond donors (Lipinski definition) is 1. The molecule has 4 amide bonds. The molecular weight excluding hydrogens is 478 g/mol. The second-order valence-electron chi connectivity index (χ2n) is 6.97. The van der Waals surface area contributed by atoms with Gasteiger partial charge in [0.2, 0.25) is 0 Å². The number of esters is 1. The monoisotopic (exact) mass is 495 g/mol. The molecule has 1 saturated heterocycles. The molecule has 0 spiro atoms. The van der Waals surface area contributed by atoms with Gasteiger partial charge in [0, 0.05) is 27.1 Å². The van der Waals surface area contributed by atoms with Crippen LogP contribution in [0.15, 0.2) is 64.8 Å². The van der Waals surface area contributed by atoms with Crippen LogP contribution in [0.25, 0.3) is 17.0 Å². The largest absolute Gasteiger partial charge is 0.465 e. The first-order valence-electron chi connectivity index (χ1n) is 9.79. The average Bonchev–Trinajstić information content (AvgIpc) is 3.08. The van der Waals surface area contributed by atoms with Gasteiger partial charge in [-0.05, 0) is 37.3 Å². The number of amides is 4. The third-order valence-corrected chi connectivity index (χ3v) is 5.39. The van der Waals surface area contributed by atoms with E-state index in [0.29, 0.717) is 15.7 Å². The number of rotatable bonds is 5. The molecule has 8 nitrogen and oxygen atoms in total. The molecule has 0 unspecified atom stereocenters. The van der Waals surface area contributed by atoms with Crippen LogP contribution in [0.3, 0.4) is 0 Å². The molecule has 0 bridgehead atoms. The third kappa shape index (κ3) is 4.06. The van der Waals surface area contributed by atoms with E-state index >= 15 is 0 Å². The van der Waals surface area contributed by atoms with Crippen molar-refractivity contribution in [2.75, 3.05) is 11.5 Å². The number of aromatic nitrogens is 1. The number of barbiturate groups is 1. The number of para-hydroxylation sites is 1. The summed E-state index contributed by atoms with van der Waals surface area (Å²) in [5, 5.41) is 2.96. The molecule has 2 aromatic carbocycles. The highest BCUT2D eigenvalue weighted by molar-refractivity contribution is 9.10. The molecule has 0 radical (unpaired) electrons. The predicted octanol–water partition coefficient (Wildman–Crippen LogP) is 3.63. The van der Waals surface area contributed by atoms with Crippen LogP contribution in [0.4, 0.5) is 10.5 Å². The Morgan fingerprint density at radius 1 is 1.12 bits per heavy atom. The molecule has 9 heteroatoms. The highest BCUT2D eigenvalue weighted by Crippen LogP contribution is 2.27. The summed E-state index contributed by atoms with van der Waals surface area (Å²) in [5.74, 6) is -1.92. The van der Waals surface area contributed by atoms with Crippen LogP contribution in [0, 0.1) is 0 Å². The van der Waals surface area contributed by atoms with Crippen molar-refractivity contribution in [1.29, 1.82) is 0 Å². The SMILES string of the molecule is CCOC(=O)Cn1cc(/C=C2/C(=O)NC(=O)N(c3cccc(Br)c3)C2=O)c2ccccc21. The molecule has 0 atom stereocenters. The number of halogens is 1. The summed E-state index contributed by atoms with van der Waals surface area (Å²) in [6.07, 6.45) is 3.11. The van der Waals surface area contributed by atoms with Crippen molar-refractivity contribution >= 4 is 62.4 Å². The number of benzene rings is 2. The zero-order chi connectivity index (χ0) is 22.8. The third-order valence-electron chi connectivity index (χ3n) is 4.89. The van der Waals surface area contributed by atoms with Gasteiger partial charge in [-0.1, -0.05) is 40.2 Å². The standard InChI is InChI=1S/C23H18BrN3O5/c1-2-32-20(28)13-26-12-14(17-8-3-4-9-19(17)26)10-18-21(29)25-23(31)27(22(18)30)16-7-5-6-15(24)11-16/h3-12H,2,13H2,1H3,(H,25,29,31)/b18-10-. The van der Waals surface area contributed by atoms with Crippen molar-refractivity contribution in [2.24, 2.45) is 0 Å². The van der Waals surface area contributed by atoms with E-state index < -0.39 is 23.8 Å². The summed E-state index contributed by atoms with van der Waals surface area (Å²) in [5.41, 5.74) is 1.44. The Balaban J connectivity index is 1.77.